The van der Waals surface area contributed by atoms with Gasteiger partial charge in [-0.3, -0.25) is 9.20 Å². The molecule has 0 aliphatic rings. The summed E-state index contributed by atoms with van der Waals surface area (Å²) < 4.78 is 7.22. The second-order valence-electron chi connectivity index (χ2n) is 6.12. The smallest absolute Gasteiger partial charge is 0.235 e. The quantitative estimate of drug-likeness (QED) is 0.484. The maximum Gasteiger partial charge on any atom is 0.235 e. The molecule has 0 aliphatic carbocycles. The number of methoxy groups -OCH3 is 1. The van der Waals surface area contributed by atoms with Crippen molar-refractivity contribution in [2.24, 2.45) is 0 Å². The SMILES string of the molecule is COc1cccc(-c2nc3ccccn3c2NC(=O)CSc2ccccc2)c1. The number of hydrogen-bond donors (Lipinski definition) is 1. The largest absolute Gasteiger partial charge is 0.497 e. The third-order valence-electron chi connectivity index (χ3n) is 4.24. The van der Waals surface area contributed by atoms with Crippen LogP contribution in [-0.4, -0.2) is 28.2 Å². The number of hydrogen-bond acceptors (Lipinski definition) is 4. The van der Waals surface area contributed by atoms with Crippen LogP contribution in [0.4, 0.5) is 5.82 Å². The van der Waals surface area contributed by atoms with Gasteiger partial charge in [0.2, 0.25) is 5.91 Å². The minimum Gasteiger partial charge on any atom is -0.497 e. The highest BCUT2D eigenvalue weighted by atomic mass is 32.2. The molecule has 4 aromatic rings. The molecule has 6 heteroatoms. The number of carbonyl (C=O) groups is 1. The summed E-state index contributed by atoms with van der Waals surface area (Å²) in [6, 6.07) is 23.3. The van der Waals surface area contributed by atoms with Crippen LogP contribution in [0, 0.1) is 0 Å². The molecule has 2 heterocycles. The molecule has 0 aliphatic heterocycles. The Kier molecular flexibility index (Phi) is 5.30. The molecule has 28 heavy (non-hydrogen) atoms. The van der Waals surface area contributed by atoms with E-state index in [9.17, 15) is 4.79 Å². The van der Waals surface area contributed by atoms with Crippen molar-refractivity contribution in [3.8, 4) is 17.0 Å². The number of imidazole rings is 1. The number of fused-ring (bicyclic) bond motifs is 1. The number of carbonyl (C=O) groups excluding carboxylic acids is 1. The molecular formula is C22H19N3O2S. The molecule has 0 spiro atoms. The summed E-state index contributed by atoms with van der Waals surface area (Å²) in [6.07, 6.45) is 1.89. The third-order valence-corrected chi connectivity index (χ3v) is 5.26. The fraction of sp³-hybridized carbons (Fsp3) is 0.0909. The van der Waals surface area contributed by atoms with E-state index in [0.717, 1.165) is 21.9 Å². The van der Waals surface area contributed by atoms with Gasteiger partial charge in [0.05, 0.1) is 12.9 Å². The Hall–Kier alpha value is -3.25. The topological polar surface area (TPSA) is 55.6 Å². The van der Waals surface area contributed by atoms with Gasteiger partial charge in [-0.05, 0) is 36.4 Å². The lowest BCUT2D eigenvalue weighted by molar-refractivity contribution is -0.113. The average molecular weight is 389 g/mol. The normalized spacial score (nSPS) is 10.8. The highest BCUT2D eigenvalue weighted by molar-refractivity contribution is 8.00. The number of pyridine rings is 1. The van der Waals surface area contributed by atoms with E-state index in [2.05, 4.69) is 5.32 Å². The summed E-state index contributed by atoms with van der Waals surface area (Å²) in [5, 5.41) is 3.04. The molecule has 0 radical (unpaired) electrons. The highest BCUT2D eigenvalue weighted by Crippen LogP contribution is 2.31. The van der Waals surface area contributed by atoms with Crippen LogP contribution in [-0.2, 0) is 4.79 Å². The summed E-state index contributed by atoms with van der Waals surface area (Å²) >= 11 is 1.50. The Balaban J connectivity index is 1.64. The van der Waals surface area contributed by atoms with Gasteiger partial charge in [0.25, 0.3) is 0 Å². The number of ether oxygens (including phenoxy) is 1. The van der Waals surface area contributed by atoms with Crippen molar-refractivity contribution in [3.63, 3.8) is 0 Å². The fourth-order valence-corrected chi connectivity index (χ4v) is 3.64. The number of anilines is 1. The fourth-order valence-electron chi connectivity index (χ4n) is 2.92. The first kappa shape index (κ1) is 18.1. The zero-order valence-corrected chi connectivity index (χ0v) is 16.1. The van der Waals surface area contributed by atoms with Crippen LogP contribution < -0.4 is 10.1 Å². The first-order valence-electron chi connectivity index (χ1n) is 8.84. The summed E-state index contributed by atoms with van der Waals surface area (Å²) in [5.74, 6) is 1.64. The number of nitrogens with zero attached hydrogens (tertiary/aromatic N) is 2. The number of benzene rings is 2. The maximum absolute atomic E-state index is 12.6. The number of aromatic nitrogens is 2. The first-order chi connectivity index (χ1) is 13.7. The predicted octanol–water partition coefficient (Wildman–Crippen LogP) is 4.74. The lowest BCUT2D eigenvalue weighted by Crippen LogP contribution is -2.16. The Morgan fingerprint density at radius 1 is 1.07 bits per heavy atom. The van der Waals surface area contributed by atoms with E-state index < -0.39 is 0 Å². The monoisotopic (exact) mass is 389 g/mol. The lowest BCUT2D eigenvalue weighted by Gasteiger charge is -2.09. The lowest BCUT2D eigenvalue weighted by atomic mass is 10.1. The van der Waals surface area contributed by atoms with E-state index in [1.165, 1.54) is 11.8 Å². The van der Waals surface area contributed by atoms with Gasteiger partial charge < -0.3 is 10.1 Å². The number of amides is 1. The second kappa shape index (κ2) is 8.19. The molecule has 0 atom stereocenters. The van der Waals surface area contributed by atoms with Gasteiger partial charge in [0, 0.05) is 16.7 Å². The van der Waals surface area contributed by atoms with Gasteiger partial charge in [-0.25, -0.2) is 4.98 Å². The molecule has 5 nitrogen and oxygen atoms in total. The van der Waals surface area contributed by atoms with Gasteiger partial charge in [-0.2, -0.15) is 0 Å². The zero-order valence-electron chi connectivity index (χ0n) is 15.3. The zero-order chi connectivity index (χ0) is 19.3. The minimum absolute atomic E-state index is 0.0800. The maximum atomic E-state index is 12.6. The van der Waals surface area contributed by atoms with Gasteiger partial charge in [0.1, 0.15) is 22.9 Å². The van der Waals surface area contributed by atoms with Gasteiger partial charge >= 0.3 is 0 Å². The number of rotatable bonds is 6. The van der Waals surface area contributed by atoms with E-state index in [0.29, 0.717) is 17.3 Å². The number of thioether (sulfide) groups is 1. The number of nitrogens with one attached hydrogen (secondary N) is 1. The summed E-state index contributed by atoms with van der Waals surface area (Å²) in [5.41, 5.74) is 2.36. The van der Waals surface area contributed by atoms with Crippen LogP contribution in [0.3, 0.4) is 0 Å². The van der Waals surface area contributed by atoms with Gasteiger partial charge in [-0.15, -0.1) is 11.8 Å². The van der Waals surface area contributed by atoms with Crippen molar-refractivity contribution in [1.29, 1.82) is 0 Å². The summed E-state index contributed by atoms with van der Waals surface area (Å²) in [6.45, 7) is 0. The Morgan fingerprint density at radius 3 is 2.71 bits per heavy atom. The van der Waals surface area contributed by atoms with Crippen molar-refractivity contribution in [3.05, 3.63) is 79.0 Å². The van der Waals surface area contributed by atoms with E-state index in [1.54, 1.807) is 7.11 Å². The minimum atomic E-state index is -0.0800. The van der Waals surface area contributed by atoms with Crippen molar-refractivity contribution in [2.75, 3.05) is 18.2 Å². The van der Waals surface area contributed by atoms with Gasteiger partial charge in [-0.1, -0.05) is 36.4 Å². The van der Waals surface area contributed by atoms with Crippen LogP contribution in [0.5, 0.6) is 5.75 Å². The summed E-state index contributed by atoms with van der Waals surface area (Å²) in [4.78, 5) is 18.4. The molecule has 1 amide bonds. The summed E-state index contributed by atoms with van der Waals surface area (Å²) in [7, 11) is 1.63. The molecule has 2 aromatic carbocycles. The first-order valence-corrected chi connectivity index (χ1v) is 9.82. The van der Waals surface area contributed by atoms with Gasteiger partial charge in [0.15, 0.2) is 0 Å². The Labute approximate surface area is 167 Å². The molecule has 0 unspecified atom stereocenters. The molecule has 0 saturated heterocycles. The second-order valence-corrected chi connectivity index (χ2v) is 7.17. The molecule has 0 bridgehead atoms. The van der Waals surface area contributed by atoms with Crippen molar-refractivity contribution in [1.82, 2.24) is 9.38 Å². The van der Waals surface area contributed by atoms with E-state index in [-0.39, 0.29) is 5.91 Å². The van der Waals surface area contributed by atoms with Crippen LogP contribution in [0.2, 0.25) is 0 Å². The average Bonchev–Trinajstić information content (AvgIpc) is 3.11. The molecule has 4 rings (SSSR count). The Bertz CT molecular complexity index is 1110. The molecular weight excluding hydrogens is 370 g/mol. The molecule has 0 fully saturated rings. The van der Waals surface area contributed by atoms with Crippen molar-refractivity contribution < 1.29 is 9.53 Å². The predicted molar refractivity (Wildman–Crippen MR) is 113 cm³/mol. The Morgan fingerprint density at radius 2 is 1.89 bits per heavy atom. The van der Waals surface area contributed by atoms with Crippen molar-refractivity contribution in [2.45, 2.75) is 4.90 Å². The van der Waals surface area contributed by atoms with Crippen LogP contribution in [0.25, 0.3) is 16.9 Å². The molecule has 2 aromatic heterocycles. The van der Waals surface area contributed by atoms with Crippen LogP contribution in [0.1, 0.15) is 0 Å². The molecule has 1 N–H and O–H groups in total. The van der Waals surface area contributed by atoms with Crippen LogP contribution in [0.15, 0.2) is 83.9 Å². The van der Waals surface area contributed by atoms with Crippen LogP contribution >= 0.6 is 11.8 Å². The molecule has 140 valence electrons. The van der Waals surface area contributed by atoms with E-state index >= 15 is 0 Å². The third kappa shape index (κ3) is 3.87. The van der Waals surface area contributed by atoms with E-state index in [4.69, 9.17) is 9.72 Å². The van der Waals surface area contributed by atoms with Crippen molar-refractivity contribution >= 4 is 29.1 Å². The molecule has 0 saturated carbocycles. The van der Waals surface area contributed by atoms with E-state index in [1.807, 2.05) is 83.4 Å². The highest BCUT2D eigenvalue weighted by Gasteiger charge is 2.17. The standard InChI is InChI=1S/C22H19N3O2S/c1-27-17-9-7-8-16(14-17)21-22(25-13-6-5-12-19(25)23-21)24-20(26)15-28-18-10-3-2-4-11-18/h2-14H,15H2,1H3,(H,24,26).